The van der Waals surface area contributed by atoms with Crippen molar-refractivity contribution in [3.05, 3.63) is 111 Å². The van der Waals surface area contributed by atoms with Gasteiger partial charge in [0.25, 0.3) is 11.8 Å². The van der Waals surface area contributed by atoms with E-state index in [-0.39, 0.29) is 11.8 Å². The zero-order chi connectivity index (χ0) is 25.4. The van der Waals surface area contributed by atoms with Crippen LogP contribution >= 0.6 is 22.9 Å². The molecule has 1 aliphatic heterocycles. The molecule has 0 spiro atoms. The number of carbonyl (C=O) groups is 2. The quantitative estimate of drug-likeness (QED) is 0.299. The summed E-state index contributed by atoms with van der Waals surface area (Å²) in [4.78, 5) is 35.1. The van der Waals surface area contributed by atoms with Crippen LogP contribution in [-0.2, 0) is 24.2 Å². The second-order valence-electron chi connectivity index (χ2n) is 9.21. The fourth-order valence-corrected chi connectivity index (χ4v) is 6.37. The van der Waals surface area contributed by atoms with E-state index in [4.69, 9.17) is 16.6 Å². The van der Waals surface area contributed by atoms with Gasteiger partial charge in [-0.25, -0.2) is 4.99 Å². The fraction of sp³-hybridized carbons (Fsp3) is 0.167. The zero-order valence-corrected chi connectivity index (χ0v) is 21.6. The second kappa shape index (κ2) is 9.96. The zero-order valence-electron chi connectivity index (χ0n) is 20.0. The molecule has 0 unspecified atom stereocenters. The number of thiophene rings is 1. The highest BCUT2D eigenvalue weighted by atomic mass is 35.5. The SMILES string of the molecule is O=C(Nc1ccc(Cl)cc1)c1c(N=C2C(=O)N(Cc3ccccc3)c3ccccc32)sc2c1CCCC2. The highest BCUT2D eigenvalue weighted by molar-refractivity contribution is 7.16. The first-order valence-electron chi connectivity index (χ1n) is 12.3. The van der Waals surface area contributed by atoms with E-state index in [1.165, 1.54) is 16.2 Å². The summed E-state index contributed by atoms with van der Waals surface area (Å²) in [5.41, 5.74) is 5.35. The fourth-order valence-electron chi connectivity index (χ4n) is 4.99. The first-order valence-corrected chi connectivity index (χ1v) is 13.5. The summed E-state index contributed by atoms with van der Waals surface area (Å²) < 4.78 is 0. The Hall–Kier alpha value is -3.74. The Morgan fingerprint density at radius 2 is 1.68 bits per heavy atom. The molecule has 2 amide bonds. The second-order valence-corrected chi connectivity index (χ2v) is 10.7. The third-order valence-corrected chi connectivity index (χ3v) is 8.21. The maximum atomic E-state index is 13.7. The van der Waals surface area contributed by atoms with E-state index >= 15 is 0 Å². The van der Waals surface area contributed by atoms with Crippen molar-refractivity contribution in [2.24, 2.45) is 4.99 Å². The van der Waals surface area contributed by atoms with Gasteiger partial charge in [0.15, 0.2) is 0 Å². The standard InChI is InChI=1S/C30H24ClN3O2S/c31-20-14-16-21(17-15-20)32-28(35)26-23-11-5-7-13-25(23)37-29(26)33-27-22-10-4-6-12-24(22)34(30(27)36)18-19-8-2-1-3-9-19/h1-4,6,8-10,12,14-17H,5,7,11,13,18H2,(H,32,35). The normalized spacial score (nSPS) is 15.5. The first-order chi connectivity index (χ1) is 18.1. The summed E-state index contributed by atoms with van der Waals surface area (Å²) in [6.07, 6.45) is 3.89. The Morgan fingerprint density at radius 3 is 2.49 bits per heavy atom. The van der Waals surface area contributed by atoms with Crippen molar-refractivity contribution in [3.8, 4) is 0 Å². The van der Waals surface area contributed by atoms with E-state index in [0.717, 1.165) is 48.1 Å². The van der Waals surface area contributed by atoms with Gasteiger partial charge in [0.1, 0.15) is 10.7 Å². The van der Waals surface area contributed by atoms with Gasteiger partial charge in [-0.05, 0) is 67.1 Å². The molecule has 2 heterocycles. The summed E-state index contributed by atoms with van der Waals surface area (Å²) in [7, 11) is 0. The number of carbonyl (C=O) groups excluding carboxylic acids is 2. The van der Waals surface area contributed by atoms with Crippen LogP contribution in [0.5, 0.6) is 0 Å². The lowest BCUT2D eigenvalue weighted by Crippen LogP contribution is -2.29. The number of nitrogens with one attached hydrogen (secondary N) is 1. The monoisotopic (exact) mass is 525 g/mol. The topological polar surface area (TPSA) is 61.8 Å². The van der Waals surface area contributed by atoms with E-state index in [1.807, 2.05) is 54.6 Å². The number of aryl methyl sites for hydroxylation is 1. The number of anilines is 2. The van der Waals surface area contributed by atoms with Crippen molar-refractivity contribution in [2.45, 2.75) is 32.2 Å². The van der Waals surface area contributed by atoms with Crippen LogP contribution in [0.25, 0.3) is 0 Å². The predicted octanol–water partition coefficient (Wildman–Crippen LogP) is 7.20. The average Bonchev–Trinajstić information content (AvgIpc) is 3.41. The van der Waals surface area contributed by atoms with E-state index in [9.17, 15) is 9.59 Å². The minimum absolute atomic E-state index is 0.152. The van der Waals surface area contributed by atoms with Gasteiger partial charge >= 0.3 is 0 Å². The van der Waals surface area contributed by atoms with Crippen LogP contribution in [0.1, 0.15) is 44.8 Å². The molecule has 37 heavy (non-hydrogen) atoms. The Labute approximate surface area is 224 Å². The minimum Gasteiger partial charge on any atom is -0.322 e. The molecule has 6 rings (SSSR count). The minimum atomic E-state index is -0.207. The number of benzene rings is 3. The van der Waals surface area contributed by atoms with Gasteiger partial charge in [0.05, 0.1) is 17.8 Å². The number of fused-ring (bicyclic) bond motifs is 2. The first kappa shape index (κ1) is 23.6. The third kappa shape index (κ3) is 4.59. The summed E-state index contributed by atoms with van der Waals surface area (Å²) >= 11 is 7.55. The number of aliphatic imine (C=N–C) groups is 1. The van der Waals surface area contributed by atoms with Crippen molar-refractivity contribution in [2.75, 3.05) is 10.2 Å². The Bertz CT molecular complexity index is 1530. The van der Waals surface area contributed by atoms with Crippen LogP contribution in [0, 0.1) is 0 Å². The number of nitrogens with zero attached hydrogens (tertiary/aromatic N) is 2. The molecular weight excluding hydrogens is 502 g/mol. The number of hydrogen-bond acceptors (Lipinski definition) is 4. The number of para-hydroxylation sites is 1. The molecule has 184 valence electrons. The molecule has 0 saturated heterocycles. The summed E-state index contributed by atoms with van der Waals surface area (Å²) in [6.45, 7) is 0.459. The van der Waals surface area contributed by atoms with E-state index in [2.05, 4.69) is 5.32 Å². The molecule has 5 nitrogen and oxygen atoms in total. The molecule has 0 radical (unpaired) electrons. The van der Waals surface area contributed by atoms with Gasteiger partial charge < -0.3 is 10.2 Å². The van der Waals surface area contributed by atoms with E-state index < -0.39 is 0 Å². The predicted molar refractivity (Wildman–Crippen MR) is 151 cm³/mol. The van der Waals surface area contributed by atoms with Crippen molar-refractivity contribution in [1.82, 2.24) is 0 Å². The van der Waals surface area contributed by atoms with Gasteiger partial charge in [0.2, 0.25) is 0 Å². The van der Waals surface area contributed by atoms with Crippen LogP contribution in [0.3, 0.4) is 0 Å². The molecule has 2 aliphatic rings. The molecule has 4 aromatic rings. The van der Waals surface area contributed by atoms with Gasteiger partial charge in [0, 0.05) is 21.2 Å². The van der Waals surface area contributed by atoms with Crippen LogP contribution in [-0.4, -0.2) is 17.5 Å². The molecule has 0 fully saturated rings. The van der Waals surface area contributed by atoms with Crippen molar-refractivity contribution >= 4 is 56.8 Å². The largest absolute Gasteiger partial charge is 0.322 e. The van der Waals surface area contributed by atoms with Crippen molar-refractivity contribution in [1.29, 1.82) is 0 Å². The molecule has 1 aliphatic carbocycles. The molecule has 0 atom stereocenters. The lowest BCUT2D eigenvalue weighted by Gasteiger charge is -2.16. The van der Waals surface area contributed by atoms with Crippen LogP contribution in [0.2, 0.25) is 5.02 Å². The smallest absolute Gasteiger partial charge is 0.277 e. The van der Waals surface area contributed by atoms with Gasteiger partial charge in [-0.15, -0.1) is 11.3 Å². The molecule has 1 N–H and O–H groups in total. The Morgan fingerprint density at radius 1 is 0.946 bits per heavy atom. The number of rotatable bonds is 5. The lowest BCUT2D eigenvalue weighted by atomic mass is 9.95. The summed E-state index contributed by atoms with van der Waals surface area (Å²) in [6, 6.07) is 24.7. The molecule has 7 heteroatoms. The average molecular weight is 526 g/mol. The molecule has 0 bridgehead atoms. The van der Waals surface area contributed by atoms with Crippen molar-refractivity contribution < 1.29 is 9.59 Å². The number of halogens is 1. The number of hydrogen-bond donors (Lipinski definition) is 1. The van der Waals surface area contributed by atoms with Crippen molar-refractivity contribution in [3.63, 3.8) is 0 Å². The van der Waals surface area contributed by atoms with Gasteiger partial charge in [-0.3, -0.25) is 9.59 Å². The van der Waals surface area contributed by atoms with Gasteiger partial charge in [-0.2, -0.15) is 0 Å². The third-order valence-electron chi connectivity index (χ3n) is 6.78. The summed E-state index contributed by atoms with van der Waals surface area (Å²) in [5, 5.41) is 4.21. The summed E-state index contributed by atoms with van der Waals surface area (Å²) in [5.74, 6) is -0.360. The molecule has 0 saturated carbocycles. The van der Waals surface area contributed by atoms with Crippen LogP contribution in [0.15, 0.2) is 83.9 Å². The Kier molecular flexibility index (Phi) is 6.37. The molecule has 3 aromatic carbocycles. The highest BCUT2D eigenvalue weighted by Gasteiger charge is 2.35. The van der Waals surface area contributed by atoms with Crippen LogP contribution < -0.4 is 10.2 Å². The highest BCUT2D eigenvalue weighted by Crippen LogP contribution is 2.42. The molecule has 1 aromatic heterocycles. The number of amides is 2. The van der Waals surface area contributed by atoms with E-state index in [1.54, 1.807) is 29.2 Å². The maximum absolute atomic E-state index is 13.7. The molecular formula is C30H24ClN3O2S. The van der Waals surface area contributed by atoms with E-state index in [0.29, 0.717) is 33.5 Å². The maximum Gasteiger partial charge on any atom is 0.277 e. The van der Waals surface area contributed by atoms with Gasteiger partial charge in [-0.1, -0.05) is 60.1 Å². The van der Waals surface area contributed by atoms with Crippen LogP contribution in [0.4, 0.5) is 16.4 Å². The lowest BCUT2D eigenvalue weighted by molar-refractivity contribution is -0.112. The Balaban J connectivity index is 1.41.